The van der Waals surface area contributed by atoms with Crippen molar-refractivity contribution in [2.75, 3.05) is 18.7 Å². The molecule has 0 aromatic heterocycles. The minimum absolute atomic E-state index is 0.183. The van der Waals surface area contributed by atoms with Crippen molar-refractivity contribution >= 4 is 5.69 Å². The van der Waals surface area contributed by atoms with Crippen molar-refractivity contribution in [3.05, 3.63) is 11.6 Å². The summed E-state index contributed by atoms with van der Waals surface area (Å²) in [7, 11) is 0. The number of nitrogens with one attached hydrogen (secondary N) is 1. The number of anilines is 1. The van der Waals surface area contributed by atoms with Crippen LogP contribution in [0.3, 0.4) is 0 Å². The van der Waals surface area contributed by atoms with E-state index in [-0.39, 0.29) is 12.5 Å². The lowest BCUT2D eigenvalue weighted by Gasteiger charge is -2.05. The molecule has 0 saturated carbocycles. The van der Waals surface area contributed by atoms with Gasteiger partial charge in [0.2, 0.25) is 12.5 Å². The van der Waals surface area contributed by atoms with Crippen LogP contribution in [0.2, 0.25) is 0 Å². The number of hydrogen-bond acceptors (Lipinski definition) is 4. The molecule has 2 heterocycles. The van der Waals surface area contributed by atoms with E-state index in [0.717, 1.165) is 24.2 Å². The lowest BCUT2D eigenvalue weighted by atomic mass is 10.1. The Morgan fingerprint density at radius 1 is 1.38 bits per heavy atom. The molecule has 0 unspecified atom stereocenters. The van der Waals surface area contributed by atoms with Gasteiger partial charge in [0.1, 0.15) is 0 Å². The average Bonchev–Trinajstić information content (AvgIpc) is 2.71. The molecular weight excluding hydrogens is 170 g/mol. The summed E-state index contributed by atoms with van der Waals surface area (Å²) in [6, 6.07) is 1.93. The number of rotatable bonds is 0. The van der Waals surface area contributed by atoms with Crippen LogP contribution in [-0.4, -0.2) is 18.4 Å². The van der Waals surface area contributed by atoms with Gasteiger partial charge in [-0.15, -0.1) is 0 Å². The lowest BCUT2D eigenvalue weighted by Crippen LogP contribution is -1.94. The summed E-state index contributed by atoms with van der Waals surface area (Å²) in [6.07, 6.45) is 0.930. The molecule has 68 valence electrons. The van der Waals surface area contributed by atoms with Gasteiger partial charge in [0.15, 0.2) is 11.5 Å². The maximum atomic E-state index is 9.76. The smallest absolute Gasteiger partial charge is 0.231 e. The summed E-state index contributed by atoms with van der Waals surface area (Å²) in [4.78, 5) is 0. The largest absolute Gasteiger partial charge is 0.503 e. The Balaban J connectivity index is 2.26. The third kappa shape index (κ3) is 0.798. The first-order valence-corrected chi connectivity index (χ1v) is 4.24. The molecule has 0 spiro atoms. The van der Waals surface area contributed by atoms with Gasteiger partial charge in [-0.05, 0) is 18.1 Å². The Morgan fingerprint density at radius 2 is 2.31 bits per heavy atom. The molecule has 2 aliphatic heterocycles. The van der Waals surface area contributed by atoms with Gasteiger partial charge in [0, 0.05) is 6.54 Å². The number of hydrogen-bond donors (Lipinski definition) is 2. The van der Waals surface area contributed by atoms with Crippen LogP contribution in [0, 0.1) is 0 Å². The number of ether oxygens (including phenoxy) is 2. The second-order valence-corrected chi connectivity index (χ2v) is 3.17. The molecule has 3 rings (SSSR count). The predicted molar refractivity (Wildman–Crippen MR) is 46.4 cm³/mol. The molecule has 2 aliphatic rings. The highest BCUT2D eigenvalue weighted by Gasteiger charge is 2.25. The van der Waals surface area contributed by atoms with Crippen molar-refractivity contribution in [3.63, 3.8) is 0 Å². The molecule has 0 radical (unpaired) electrons. The molecule has 0 aliphatic carbocycles. The van der Waals surface area contributed by atoms with Gasteiger partial charge in [0.25, 0.3) is 0 Å². The molecular formula is C9H9NO3. The fourth-order valence-corrected chi connectivity index (χ4v) is 1.79. The molecule has 1 aromatic carbocycles. The van der Waals surface area contributed by atoms with Gasteiger partial charge in [-0.1, -0.05) is 0 Å². The molecule has 2 N–H and O–H groups in total. The van der Waals surface area contributed by atoms with Gasteiger partial charge in [-0.3, -0.25) is 0 Å². The van der Waals surface area contributed by atoms with E-state index in [1.807, 2.05) is 6.07 Å². The van der Waals surface area contributed by atoms with E-state index in [2.05, 4.69) is 5.32 Å². The standard InChI is InChI=1S/C9H9NO3/c11-8-7-5(1-2-10-7)3-6-9(8)13-4-12-6/h3,10-11H,1-2,4H2. The van der Waals surface area contributed by atoms with Crippen LogP contribution < -0.4 is 14.8 Å². The topological polar surface area (TPSA) is 50.7 Å². The molecule has 0 fully saturated rings. The maximum Gasteiger partial charge on any atom is 0.231 e. The maximum absolute atomic E-state index is 9.76. The minimum Gasteiger partial charge on any atom is -0.503 e. The van der Waals surface area contributed by atoms with Gasteiger partial charge >= 0.3 is 0 Å². The first-order chi connectivity index (χ1) is 6.36. The van der Waals surface area contributed by atoms with E-state index in [4.69, 9.17) is 9.47 Å². The molecule has 4 heteroatoms. The Morgan fingerprint density at radius 3 is 3.23 bits per heavy atom. The summed E-state index contributed by atoms with van der Waals surface area (Å²) in [5, 5.41) is 12.9. The van der Waals surface area contributed by atoms with Gasteiger partial charge in [-0.25, -0.2) is 0 Å². The Bertz CT molecular complexity index is 343. The average molecular weight is 179 g/mol. The Labute approximate surface area is 75.1 Å². The summed E-state index contributed by atoms with van der Waals surface area (Å²) < 4.78 is 10.3. The highest BCUT2D eigenvalue weighted by Crippen LogP contribution is 2.48. The zero-order chi connectivity index (χ0) is 8.84. The van der Waals surface area contributed by atoms with Crippen molar-refractivity contribution in [1.29, 1.82) is 0 Å². The molecule has 13 heavy (non-hydrogen) atoms. The zero-order valence-corrected chi connectivity index (χ0v) is 6.96. The van der Waals surface area contributed by atoms with Crippen molar-refractivity contribution in [2.24, 2.45) is 0 Å². The fourth-order valence-electron chi connectivity index (χ4n) is 1.79. The molecule has 0 amide bonds. The summed E-state index contributed by atoms with van der Waals surface area (Å²) in [5.41, 5.74) is 1.89. The lowest BCUT2D eigenvalue weighted by molar-refractivity contribution is 0.171. The van der Waals surface area contributed by atoms with E-state index < -0.39 is 0 Å². The number of phenolic OH excluding ortho intramolecular Hbond substituents is 1. The van der Waals surface area contributed by atoms with E-state index in [9.17, 15) is 5.11 Å². The van der Waals surface area contributed by atoms with Crippen molar-refractivity contribution < 1.29 is 14.6 Å². The van der Waals surface area contributed by atoms with E-state index >= 15 is 0 Å². The molecule has 0 saturated heterocycles. The SMILES string of the molecule is Oc1c2c(cc3c1OCO3)CCN2. The molecule has 4 nitrogen and oxygen atoms in total. The predicted octanol–water partition coefficient (Wildman–Crippen LogP) is 1.09. The van der Waals surface area contributed by atoms with Crippen LogP contribution in [0.4, 0.5) is 5.69 Å². The monoisotopic (exact) mass is 179 g/mol. The highest BCUT2D eigenvalue weighted by atomic mass is 16.7. The summed E-state index contributed by atoms with van der Waals surface area (Å²) >= 11 is 0. The number of fused-ring (bicyclic) bond motifs is 2. The minimum atomic E-state index is 0.183. The number of aromatic hydroxyl groups is 1. The molecule has 0 atom stereocenters. The van der Waals surface area contributed by atoms with Crippen molar-refractivity contribution in [2.45, 2.75) is 6.42 Å². The number of phenols is 1. The van der Waals surface area contributed by atoms with E-state index in [0.29, 0.717) is 11.5 Å². The van der Waals surface area contributed by atoms with Gasteiger partial charge < -0.3 is 19.9 Å². The van der Waals surface area contributed by atoms with Crippen LogP contribution in [0.25, 0.3) is 0 Å². The fraction of sp³-hybridized carbons (Fsp3) is 0.333. The molecule has 1 aromatic rings. The zero-order valence-electron chi connectivity index (χ0n) is 6.96. The normalized spacial score (nSPS) is 16.9. The van der Waals surface area contributed by atoms with Crippen LogP contribution in [0.5, 0.6) is 17.2 Å². The van der Waals surface area contributed by atoms with Gasteiger partial charge in [-0.2, -0.15) is 0 Å². The van der Waals surface area contributed by atoms with Gasteiger partial charge in [0.05, 0.1) is 5.69 Å². The van der Waals surface area contributed by atoms with Crippen LogP contribution in [-0.2, 0) is 6.42 Å². The second-order valence-electron chi connectivity index (χ2n) is 3.17. The third-order valence-electron chi connectivity index (χ3n) is 2.42. The van der Waals surface area contributed by atoms with Crippen molar-refractivity contribution in [1.82, 2.24) is 0 Å². The van der Waals surface area contributed by atoms with Crippen LogP contribution >= 0.6 is 0 Å². The quantitative estimate of drug-likeness (QED) is 0.585. The van der Waals surface area contributed by atoms with Crippen molar-refractivity contribution in [3.8, 4) is 17.2 Å². The Kier molecular flexibility index (Phi) is 1.17. The highest BCUT2D eigenvalue weighted by molar-refractivity contribution is 5.74. The van der Waals surface area contributed by atoms with Crippen LogP contribution in [0.1, 0.15) is 5.56 Å². The van der Waals surface area contributed by atoms with E-state index in [1.165, 1.54) is 0 Å². The Hall–Kier alpha value is -1.58. The number of benzene rings is 1. The first kappa shape index (κ1) is 6.88. The third-order valence-corrected chi connectivity index (χ3v) is 2.42. The first-order valence-electron chi connectivity index (χ1n) is 4.24. The van der Waals surface area contributed by atoms with Crippen LogP contribution in [0.15, 0.2) is 6.07 Å². The molecule has 0 bridgehead atoms. The second kappa shape index (κ2) is 2.22. The van der Waals surface area contributed by atoms with E-state index in [1.54, 1.807) is 0 Å². The summed E-state index contributed by atoms with van der Waals surface area (Å²) in [6.45, 7) is 1.07. The summed E-state index contributed by atoms with van der Waals surface area (Å²) in [5.74, 6) is 1.30.